The Morgan fingerprint density at radius 1 is 1.21 bits per heavy atom. The Hall–Kier alpha value is -2.40. The molecular weight excluding hydrogens is 238 g/mol. The molecule has 0 unspecified atom stereocenters. The molecule has 0 spiro atoms. The van der Waals surface area contributed by atoms with Gasteiger partial charge in [0, 0.05) is 6.20 Å². The molecule has 1 aliphatic rings. The predicted octanol–water partition coefficient (Wildman–Crippen LogP) is 1.94. The highest BCUT2D eigenvalue weighted by Crippen LogP contribution is 2.25. The van der Waals surface area contributed by atoms with Crippen molar-refractivity contribution in [3.8, 4) is 12.1 Å². The first-order valence-corrected chi connectivity index (χ1v) is 6.50. The summed E-state index contributed by atoms with van der Waals surface area (Å²) in [5.41, 5.74) is 3.56. The van der Waals surface area contributed by atoms with E-state index in [1.54, 1.807) is 4.52 Å². The largest absolute Gasteiger partial charge is 0.219 e. The van der Waals surface area contributed by atoms with E-state index in [2.05, 4.69) is 16.2 Å². The number of nitriles is 2. The smallest absolute Gasteiger partial charge is 0.173 e. The van der Waals surface area contributed by atoms with Gasteiger partial charge in [0.25, 0.3) is 0 Å². The van der Waals surface area contributed by atoms with Gasteiger partial charge < -0.3 is 0 Å². The van der Waals surface area contributed by atoms with Crippen LogP contribution in [0.1, 0.15) is 41.8 Å². The van der Waals surface area contributed by atoms with E-state index in [0.29, 0.717) is 17.0 Å². The summed E-state index contributed by atoms with van der Waals surface area (Å²) in [6, 6.07) is 4.32. The third-order valence-electron chi connectivity index (χ3n) is 3.59. The molecule has 5 nitrogen and oxygen atoms in total. The molecule has 5 heteroatoms. The number of aryl methyl sites for hydroxylation is 1. The lowest BCUT2D eigenvalue weighted by Crippen LogP contribution is -2.02. The summed E-state index contributed by atoms with van der Waals surface area (Å²) in [7, 11) is 0. The maximum absolute atomic E-state index is 9.43. The monoisotopic (exact) mass is 251 g/mol. The Labute approximate surface area is 111 Å². The Balaban J connectivity index is 2.25. The van der Waals surface area contributed by atoms with E-state index in [1.165, 1.54) is 12.0 Å². The molecule has 0 N–H and O–H groups in total. The number of fused-ring (bicyclic) bond motifs is 2. The molecule has 0 saturated carbocycles. The maximum atomic E-state index is 9.43. The fourth-order valence-electron chi connectivity index (χ4n) is 2.71. The van der Waals surface area contributed by atoms with Crippen LogP contribution in [0.4, 0.5) is 0 Å². The van der Waals surface area contributed by atoms with Crippen molar-refractivity contribution < 1.29 is 0 Å². The summed E-state index contributed by atoms with van der Waals surface area (Å²) in [6.07, 6.45) is 7.57. The van der Waals surface area contributed by atoms with Gasteiger partial charge in [0.1, 0.15) is 11.6 Å². The molecule has 0 bridgehead atoms. The minimum Gasteiger partial charge on any atom is -0.219 e. The Morgan fingerprint density at radius 3 is 2.84 bits per heavy atom. The number of nitrogens with zero attached hydrogens (tertiary/aromatic N) is 5. The zero-order valence-corrected chi connectivity index (χ0v) is 10.6. The van der Waals surface area contributed by atoms with E-state index in [-0.39, 0.29) is 6.42 Å². The van der Waals surface area contributed by atoms with Gasteiger partial charge in [-0.25, -0.2) is 9.50 Å². The second kappa shape index (κ2) is 4.70. The first-order valence-electron chi connectivity index (χ1n) is 6.50. The van der Waals surface area contributed by atoms with E-state index in [1.807, 2.05) is 12.3 Å². The standard InChI is InChI=1S/C14H13N5/c15-7-6-13-17-14-12(8-16)11-5-3-1-2-4-10(11)9-19(14)18-13/h9H,1-6H2. The third-order valence-corrected chi connectivity index (χ3v) is 3.59. The third kappa shape index (κ3) is 1.94. The average Bonchev–Trinajstić information content (AvgIpc) is 2.65. The number of aromatic nitrogens is 3. The van der Waals surface area contributed by atoms with Crippen LogP contribution >= 0.6 is 0 Å². The van der Waals surface area contributed by atoms with Crippen LogP contribution in [-0.2, 0) is 19.3 Å². The summed E-state index contributed by atoms with van der Waals surface area (Å²) < 4.78 is 1.66. The van der Waals surface area contributed by atoms with Crippen molar-refractivity contribution in [3.05, 3.63) is 28.7 Å². The van der Waals surface area contributed by atoms with E-state index >= 15 is 0 Å². The topological polar surface area (TPSA) is 77.8 Å². The van der Waals surface area contributed by atoms with Gasteiger partial charge in [-0.3, -0.25) is 0 Å². The molecule has 2 aromatic heterocycles. The minimum absolute atomic E-state index is 0.178. The number of hydrogen-bond donors (Lipinski definition) is 0. The number of pyridine rings is 1. The highest BCUT2D eigenvalue weighted by atomic mass is 15.3. The molecule has 0 atom stereocenters. The van der Waals surface area contributed by atoms with Gasteiger partial charge >= 0.3 is 0 Å². The molecule has 94 valence electrons. The molecule has 0 fully saturated rings. The van der Waals surface area contributed by atoms with Crippen LogP contribution < -0.4 is 0 Å². The van der Waals surface area contributed by atoms with E-state index in [4.69, 9.17) is 5.26 Å². The van der Waals surface area contributed by atoms with Gasteiger partial charge in [-0.15, -0.1) is 0 Å². The SMILES string of the molecule is N#CCc1nc2c(C#N)c3c(cn2n1)CCCCC3. The van der Waals surface area contributed by atoms with Crippen LogP contribution in [0.5, 0.6) is 0 Å². The maximum Gasteiger partial charge on any atom is 0.173 e. The molecule has 2 heterocycles. The van der Waals surface area contributed by atoms with Crippen molar-refractivity contribution in [2.45, 2.75) is 38.5 Å². The van der Waals surface area contributed by atoms with Gasteiger partial charge in [0.05, 0.1) is 12.5 Å². The Kier molecular flexibility index (Phi) is 2.89. The zero-order valence-electron chi connectivity index (χ0n) is 10.6. The Morgan fingerprint density at radius 2 is 2.05 bits per heavy atom. The molecule has 0 radical (unpaired) electrons. The molecule has 0 amide bonds. The van der Waals surface area contributed by atoms with Crippen LogP contribution in [-0.4, -0.2) is 14.6 Å². The van der Waals surface area contributed by atoms with Crippen molar-refractivity contribution in [1.29, 1.82) is 10.5 Å². The quantitative estimate of drug-likeness (QED) is 0.725. The number of rotatable bonds is 1. The van der Waals surface area contributed by atoms with Crippen molar-refractivity contribution in [2.24, 2.45) is 0 Å². The van der Waals surface area contributed by atoms with Crippen LogP contribution in [0.25, 0.3) is 5.65 Å². The summed E-state index contributed by atoms with van der Waals surface area (Å²) in [4.78, 5) is 4.32. The molecule has 0 aliphatic heterocycles. The molecular formula is C14H13N5. The highest BCUT2D eigenvalue weighted by molar-refractivity contribution is 5.61. The highest BCUT2D eigenvalue weighted by Gasteiger charge is 2.18. The second-order valence-corrected chi connectivity index (χ2v) is 4.81. The van der Waals surface area contributed by atoms with E-state index < -0.39 is 0 Å². The summed E-state index contributed by atoms with van der Waals surface area (Å²) >= 11 is 0. The van der Waals surface area contributed by atoms with Crippen molar-refractivity contribution in [1.82, 2.24) is 14.6 Å². The fraction of sp³-hybridized carbons (Fsp3) is 0.429. The molecule has 0 aromatic carbocycles. The lowest BCUT2D eigenvalue weighted by Gasteiger charge is -2.08. The van der Waals surface area contributed by atoms with Crippen LogP contribution in [0, 0.1) is 22.7 Å². The molecule has 0 saturated heterocycles. The van der Waals surface area contributed by atoms with E-state index in [9.17, 15) is 5.26 Å². The first kappa shape index (κ1) is 11.7. The van der Waals surface area contributed by atoms with Gasteiger partial charge in [-0.1, -0.05) is 6.42 Å². The predicted molar refractivity (Wildman–Crippen MR) is 68.3 cm³/mol. The molecule has 3 rings (SSSR count). The van der Waals surface area contributed by atoms with Crippen LogP contribution in [0.3, 0.4) is 0 Å². The van der Waals surface area contributed by atoms with Gasteiger partial charge in [0.15, 0.2) is 11.5 Å². The van der Waals surface area contributed by atoms with Gasteiger partial charge in [-0.05, 0) is 36.8 Å². The fourth-order valence-corrected chi connectivity index (χ4v) is 2.71. The van der Waals surface area contributed by atoms with Crippen molar-refractivity contribution >= 4 is 5.65 Å². The molecule has 1 aliphatic carbocycles. The summed E-state index contributed by atoms with van der Waals surface area (Å²) in [5, 5.41) is 22.4. The molecule has 19 heavy (non-hydrogen) atoms. The van der Waals surface area contributed by atoms with Gasteiger partial charge in [-0.2, -0.15) is 15.6 Å². The molecule has 2 aromatic rings. The summed E-state index contributed by atoms with van der Waals surface area (Å²) in [5.74, 6) is 0.485. The lowest BCUT2D eigenvalue weighted by molar-refractivity contribution is 0.711. The van der Waals surface area contributed by atoms with Crippen LogP contribution in [0.2, 0.25) is 0 Å². The first-order chi connectivity index (χ1) is 9.33. The number of hydrogen-bond acceptors (Lipinski definition) is 4. The Bertz CT molecular complexity index is 714. The van der Waals surface area contributed by atoms with Crippen molar-refractivity contribution in [2.75, 3.05) is 0 Å². The lowest BCUT2D eigenvalue weighted by atomic mass is 10.0. The van der Waals surface area contributed by atoms with Crippen LogP contribution in [0.15, 0.2) is 6.20 Å². The van der Waals surface area contributed by atoms with E-state index in [0.717, 1.165) is 31.2 Å². The normalized spacial score (nSPS) is 14.4. The van der Waals surface area contributed by atoms with Crippen molar-refractivity contribution in [3.63, 3.8) is 0 Å². The van der Waals surface area contributed by atoms with Gasteiger partial charge in [0.2, 0.25) is 0 Å². The average molecular weight is 251 g/mol. The zero-order chi connectivity index (χ0) is 13.2. The minimum atomic E-state index is 0.178. The second-order valence-electron chi connectivity index (χ2n) is 4.81. The summed E-state index contributed by atoms with van der Waals surface area (Å²) in [6.45, 7) is 0.